The Bertz CT molecular complexity index is 851. The Kier molecular flexibility index (Phi) is 7.90. The molecular weight excluding hydrogens is 414 g/mol. The molecule has 0 aliphatic carbocycles. The van der Waals surface area contributed by atoms with E-state index in [-0.39, 0.29) is 16.7 Å². The molecule has 2 aromatic rings. The lowest BCUT2D eigenvalue weighted by atomic mass is 10.2. The third kappa shape index (κ3) is 5.20. The fourth-order valence-electron chi connectivity index (χ4n) is 2.51. The van der Waals surface area contributed by atoms with Gasteiger partial charge in [-0.05, 0) is 31.5 Å². The Morgan fingerprint density at radius 3 is 2.92 bits per heavy atom. The number of nitrogens with one attached hydrogen (secondary N) is 1. The Balaban J connectivity index is 2.40. The summed E-state index contributed by atoms with van der Waals surface area (Å²) in [4.78, 5) is 29.8. The van der Waals surface area contributed by atoms with E-state index in [0.717, 1.165) is 23.7 Å². The van der Waals surface area contributed by atoms with E-state index in [1.54, 1.807) is 16.7 Å². The van der Waals surface area contributed by atoms with Crippen molar-refractivity contribution in [3.05, 3.63) is 45.7 Å². The lowest BCUT2D eigenvalue weighted by molar-refractivity contribution is -0.120. The highest BCUT2D eigenvalue weighted by atomic mass is 79.9. The number of fused-ring (bicyclic) bond motifs is 1. The van der Waals surface area contributed by atoms with Crippen LogP contribution in [0.1, 0.15) is 33.1 Å². The fraction of sp³-hybridized carbons (Fsp3) is 0.421. The molecule has 0 saturated carbocycles. The number of halogens is 1. The molecule has 140 valence electrons. The highest BCUT2D eigenvalue weighted by Gasteiger charge is 2.19. The lowest BCUT2D eigenvalue weighted by Gasteiger charge is -2.16. The minimum absolute atomic E-state index is 0.0615. The first-order valence-corrected chi connectivity index (χ1v) is 10.4. The Labute approximate surface area is 166 Å². The summed E-state index contributed by atoms with van der Waals surface area (Å²) in [7, 11) is 0. The molecule has 0 aliphatic rings. The molecule has 0 saturated heterocycles. The van der Waals surface area contributed by atoms with Crippen LogP contribution in [0.2, 0.25) is 0 Å². The standard InChI is InChI=1S/C19H24BrN3O2S/c1-4-6-7-11-23-18(25)15-12-14(20)8-9-16(15)22-19(23)26-13(3)17(24)21-10-5-2/h5,8-9,12-13H,2,4,6-7,10-11H2,1,3H3,(H,21,24). The summed E-state index contributed by atoms with van der Waals surface area (Å²) in [6.45, 7) is 8.57. The predicted molar refractivity (Wildman–Crippen MR) is 112 cm³/mol. The van der Waals surface area contributed by atoms with E-state index in [1.807, 2.05) is 19.1 Å². The number of hydrogen-bond donors (Lipinski definition) is 1. The van der Waals surface area contributed by atoms with Gasteiger partial charge in [0.2, 0.25) is 5.91 Å². The zero-order chi connectivity index (χ0) is 19.1. The van der Waals surface area contributed by atoms with Gasteiger partial charge < -0.3 is 5.32 Å². The van der Waals surface area contributed by atoms with Crippen LogP contribution in [0.25, 0.3) is 10.9 Å². The van der Waals surface area contributed by atoms with E-state index in [2.05, 4.69) is 39.7 Å². The number of amides is 1. The van der Waals surface area contributed by atoms with Gasteiger partial charge in [-0.15, -0.1) is 6.58 Å². The number of aromatic nitrogens is 2. The van der Waals surface area contributed by atoms with Gasteiger partial charge in [-0.25, -0.2) is 4.98 Å². The highest BCUT2D eigenvalue weighted by molar-refractivity contribution is 9.10. The summed E-state index contributed by atoms with van der Waals surface area (Å²) in [5.41, 5.74) is 0.583. The van der Waals surface area contributed by atoms with E-state index < -0.39 is 0 Å². The van der Waals surface area contributed by atoms with Gasteiger partial charge in [-0.1, -0.05) is 53.5 Å². The van der Waals surface area contributed by atoms with E-state index in [0.29, 0.717) is 29.1 Å². The van der Waals surface area contributed by atoms with E-state index >= 15 is 0 Å². The number of rotatable bonds is 9. The lowest BCUT2D eigenvalue weighted by Crippen LogP contribution is -2.32. The number of hydrogen-bond acceptors (Lipinski definition) is 4. The van der Waals surface area contributed by atoms with Crippen molar-refractivity contribution in [1.29, 1.82) is 0 Å². The molecule has 1 aromatic heterocycles. The van der Waals surface area contributed by atoms with Crippen molar-refractivity contribution in [3.63, 3.8) is 0 Å². The van der Waals surface area contributed by atoms with Crippen molar-refractivity contribution in [3.8, 4) is 0 Å². The van der Waals surface area contributed by atoms with Crippen LogP contribution in [-0.4, -0.2) is 27.3 Å². The summed E-state index contributed by atoms with van der Waals surface area (Å²) in [5.74, 6) is -0.0971. The molecule has 2 rings (SSSR count). The van der Waals surface area contributed by atoms with Crippen LogP contribution < -0.4 is 10.9 Å². The van der Waals surface area contributed by atoms with Gasteiger partial charge in [-0.3, -0.25) is 14.2 Å². The Morgan fingerprint density at radius 1 is 1.46 bits per heavy atom. The molecule has 1 aromatic carbocycles. The first-order valence-electron chi connectivity index (χ1n) is 8.73. The minimum atomic E-state index is -0.354. The van der Waals surface area contributed by atoms with Gasteiger partial charge in [0.25, 0.3) is 5.56 Å². The predicted octanol–water partition coefficient (Wildman–Crippen LogP) is 4.13. The van der Waals surface area contributed by atoms with E-state index in [1.165, 1.54) is 11.8 Å². The topological polar surface area (TPSA) is 64.0 Å². The molecule has 0 aliphatic heterocycles. The van der Waals surface area contributed by atoms with Gasteiger partial charge in [0.05, 0.1) is 16.2 Å². The van der Waals surface area contributed by atoms with Crippen molar-refractivity contribution in [1.82, 2.24) is 14.9 Å². The quantitative estimate of drug-likeness (QED) is 0.277. The maximum atomic E-state index is 13.0. The molecular formula is C19H24BrN3O2S. The number of unbranched alkanes of at least 4 members (excludes halogenated alkanes) is 2. The first kappa shape index (κ1) is 20.7. The van der Waals surface area contributed by atoms with Crippen molar-refractivity contribution in [2.75, 3.05) is 6.54 Å². The van der Waals surface area contributed by atoms with Crippen molar-refractivity contribution in [2.45, 2.75) is 50.1 Å². The maximum absolute atomic E-state index is 13.0. The number of carbonyl (C=O) groups excluding carboxylic acids is 1. The summed E-state index contributed by atoms with van der Waals surface area (Å²) in [6, 6.07) is 5.49. The molecule has 5 nitrogen and oxygen atoms in total. The van der Waals surface area contributed by atoms with Gasteiger partial charge in [0, 0.05) is 17.6 Å². The summed E-state index contributed by atoms with van der Waals surface area (Å²) in [6.07, 6.45) is 4.66. The second-order valence-electron chi connectivity index (χ2n) is 6.01. The van der Waals surface area contributed by atoms with Gasteiger partial charge in [0.15, 0.2) is 5.16 Å². The second kappa shape index (κ2) is 9.92. The summed E-state index contributed by atoms with van der Waals surface area (Å²) < 4.78 is 2.55. The number of carbonyl (C=O) groups is 1. The van der Waals surface area contributed by atoms with Crippen molar-refractivity contribution >= 4 is 44.5 Å². The molecule has 1 unspecified atom stereocenters. The second-order valence-corrected chi connectivity index (χ2v) is 8.24. The van der Waals surface area contributed by atoms with Crippen molar-refractivity contribution in [2.24, 2.45) is 0 Å². The maximum Gasteiger partial charge on any atom is 0.262 e. The third-order valence-electron chi connectivity index (χ3n) is 3.94. The monoisotopic (exact) mass is 437 g/mol. The Hall–Kier alpha value is -1.60. The van der Waals surface area contributed by atoms with Gasteiger partial charge in [-0.2, -0.15) is 0 Å². The molecule has 0 bridgehead atoms. The zero-order valence-electron chi connectivity index (χ0n) is 15.1. The molecule has 26 heavy (non-hydrogen) atoms. The molecule has 1 amide bonds. The van der Waals surface area contributed by atoms with Crippen LogP contribution in [0, 0.1) is 0 Å². The van der Waals surface area contributed by atoms with E-state index in [9.17, 15) is 9.59 Å². The van der Waals surface area contributed by atoms with Gasteiger partial charge >= 0.3 is 0 Å². The average molecular weight is 438 g/mol. The molecule has 0 fully saturated rings. The first-order chi connectivity index (χ1) is 12.5. The molecule has 1 atom stereocenters. The van der Waals surface area contributed by atoms with Crippen LogP contribution in [0.5, 0.6) is 0 Å². The van der Waals surface area contributed by atoms with Crippen LogP contribution in [0.15, 0.2) is 45.3 Å². The Morgan fingerprint density at radius 2 is 2.23 bits per heavy atom. The number of benzene rings is 1. The zero-order valence-corrected chi connectivity index (χ0v) is 17.5. The SMILES string of the molecule is C=CCNC(=O)C(C)Sc1nc2ccc(Br)cc2c(=O)n1CCCCC. The average Bonchev–Trinajstić information content (AvgIpc) is 2.62. The van der Waals surface area contributed by atoms with Crippen LogP contribution in [0.3, 0.4) is 0 Å². The molecule has 1 N–H and O–H groups in total. The molecule has 1 heterocycles. The smallest absolute Gasteiger partial charge is 0.262 e. The van der Waals surface area contributed by atoms with Crippen LogP contribution in [0.4, 0.5) is 0 Å². The number of thioether (sulfide) groups is 1. The molecule has 0 radical (unpaired) electrons. The summed E-state index contributed by atoms with van der Waals surface area (Å²) in [5, 5.41) is 3.60. The minimum Gasteiger partial charge on any atom is -0.352 e. The van der Waals surface area contributed by atoms with E-state index in [4.69, 9.17) is 0 Å². The van der Waals surface area contributed by atoms with Crippen molar-refractivity contribution < 1.29 is 4.79 Å². The largest absolute Gasteiger partial charge is 0.352 e. The molecule has 7 heteroatoms. The van der Waals surface area contributed by atoms with Gasteiger partial charge in [0.1, 0.15) is 0 Å². The fourth-order valence-corrected chi connectivity index (χ4v) is 3.83. The highest BCUT2D eigenvalue weighted by Crippen LogP contribution is 2.24. The normalized spacial score (nSPS) is 12.1. The van der Waals surface area contributed by atoms with Crippen LogP contribution >= 0.6 is 27.7 Å². The van der Waals surface area contributed by atoms with Crippen LogP contribution in [-0.2, 0) is 11.3 Å². The summed E-state index contributed by atoms with van der Waals surface area (Å²) >= 11 is 4.73. The molecule has 0 spiro atoms. The third-order valence-corrected chi connectivity index (χ3v) is 5.52. The number of nitrogens with zero attached hydrogens (tertiary/aromatic N) is 2.